The molecule has 3 aromatic rings. The van der Waals surface area contributed by atoms with Gasteiger partial charge in [-0.2, -0.15) is 0 Å². The first-order chi connectivity index (χ1) is 10.3. The summed E-state index contributed by atoms with van der Waals surface area (Å²) in [7, 11) is 1.35. The summed E-state index contributed by atoms with van der Waals surface area (Å²) in [5, 5.41) is 8.32. The molecule has 1 aliphatic heterocycles. The molecule has 0 unspecified atom stereocenters. The average Bonchev–Trinajstić information content (AvgIpc) is 2.88. The van der Waals surface area contributed by atoms with E-state index in [-0.39, 0.29) is 0 Å². The van der Waals surface area contributed by atoms with E-state index in [0.717, 1.165) is 16.8 Å². The van der Waals surface area contributed by atoms with Crippen LogP contribution in [0.2, 0.25) is 0 Å². The van der Waals surface area contributed by atoms with Crippen LogP contribution in [-0.4, -0.2) is 28.1 Å². The largest absolute Gasteiger partial charge is 0.486 e. The summed E-state index contributed by atoms with van der Waals surface area (Å²) in [5.41, 5.74) is 3.71. The fourth-order valence-corrected chi connectivity index (χ4v) is 2.53. The van der Waals surface area contributed by atoms with Crippen LogP contribution in [0.25, 0.3) is 16.7 Å². The third kappa shape index (κ3) is 1.69. The zero-order chi connectivity index (χ0) is 14.4. The first kappa shape index (κ1) is 11.9. The monoisotopic (exact) mass is 281 g/mol. The Morgan fingerprint density at radius 1 is 1.33 bits per heavy atom. The summed E-state index contributed by atoms with van der Waals surface area (Å²) in [6.45, 7) is 0.416. The molecule has 0 amide bonds. The molecule has 0 aliphatic carbocycles. The third-order valence-electron chi connectivity index (χ3n) is 3.53. The van der Waals surface area contributed by atoms with E-state index >= 15 is 0 Å². The second-order valence-corrected chi connectivity index (χ2v) is 4.75. The van der Waals surface area contributed by atoms with Crippen molar-refractivity contribution in [2.45, 2.75) is 6.61 Å². The Bertz CT molecular complexity index is 870. The number of aromatic nitrogens is 3. The van der Waals surface area contributed by atoms with Gasteiger partial charge in [0, 0.05) is 5.56 Å². The number of carbonyl (C=O) groups excluding carboxylic acids is 1. The number of rotatable bonds is 1. The summed E-state index contributed by atoms with van der Waals surface area (Å²) >= 11 is 0. The van der Waals surface area contributed by atoms with Crippen molar-refractivity contribution in [2.24, 2.45) is 0 Å². The standard InChI is InChI=1S/C15H11N3O3/c1-20-15(19)10-6-11-14-13(7-10)21-8-9-4-2-3-5-12(9)18(14)17-16-11/h2-7H,8H2,1H3. The summed E-state index contributed by atoms with van der Waals surface area (Å²) < 4.78 is 12.3. The number of fused-ring (bicyclic) bond motifs is 2. The van der Waals surface area contributed by atoms with E-state index in [2.05, 4.69) is 10.3 Å². The highest BCUT2D eigenvalue weighted by molar-refractivity contribution is 5.96. The quantitative estimate of drug-likeness (QED) is 0.639. The molecule has 0 N–H and O–H groups in total. The molecule has 0 fully saturated rings. The minimum Gasteiger partial charge on any atom is -0.486 e. The lowest BCUT2D eigenvalue weighted by Crippen LogP contribution is -2.02. The molecule has 2 aromatic carbocycles. The Hall–Kier alpha value is -2.89. The number of hydrogen-bond acceptors (Lipinski definition) is 5. The Morgan fingerprint density at radius 3 is 3.05 bits per heavy atom. The minimum absolute atomic E-state index is 0.401. The molecule has 4 rings (SSSR count). The number of nitrogens with zero attached hydrogens (tertiary/aromatic N) is 3. The van der Waals surface area contributed by atoms with Crippen LogP contribution in [0.4, 0.5) is 0 Å². The molecule has 6 nitrogen and oxygen atoms in total. The van der Waals surface area contributed by atoms with Crippen molar-refractivity contribution in [3.05, 3.63) is 47.5 Å². The van der Waals surface area contributed by atoms with Crippen molar-refractivity contribution in [1.29, 1.82) is 0 Å². The summed E-state index contributed by atoms with van der Waals surface area (Å²) in [6, 6.07) is 11.2. The van der Waals surface area contributed by atoms with E-state index in [1.807, 2.05) is 24.3 Å². The SMILES string of the molecule is COC(=O)c1cc2c3c(c1)nnn3-c1ccccc1CO2. The highest BCUT2D eigenvalue weighted by Crippen LogP contribution is 2.33. The van der Waals surface area contributed by atoms with Crippen molar-refractivity contribution in [2.75, 3.05) is 7.11 Å². The van der Waals surface area contributed by atoms with Crippen LogP contribution in [0.5, 0.6) is 5.75 Å². The molecule has 0 spiro atoms. The molecule has 0 bridgehead atoms. The predicted octanol–water partition coefficient (Wildman–Crippen LogP) is 2.10. The molecule has 1 aliphatic rings. The number of hydrogen-bond donors (Lipinski definition) is 0. The van der Waals surface area contributed by atoms with E-state index in [9.17, 15) is 4.79 Å². The van der Waals surface area contributed by atoms with Gasteiger partial charge in [-0.25, -0.2) is 9.48 Å². The zero-order valence-corrected chi connectivity index (χ0v) is 11.2. The van der Waals surface area contributed by atoms with Gasteiger partial charge in [0.2, 0.25) is 0 Å². The average molecular weight is 281 g/mol. The van der Waals surface area contributed by atoms with E-state index < -0.39 is 5.97 Å². The topological polar surface area (TPSA) is 66.2 Å². The number of carbonyl (C=O) groups is 1. The van der Waals surface area contributed by atoms with Crippen LogP contribution in [-0.2, 0) is 11.3 Å². The van der Waals surface area contributed by atoms with Crippen LogP contribution in [0.3, 0.4) is 0 Å². The van der Waals surface area contributed by atoms with E-state index in [0.29, 0.717) is 23.4 Å². The summed E-state index contributed by atoms with van der Waals surface area (Å²) in [5.74, 6) is 0.155. The molecule has 2 heterocycles. The first-order valence-electron chi connectivity index (χ1n) is 6.47. The lowest BCUT2D eigenvalue weighted by Gasteiger charge is -2.06. The van der Waals surface area contributed by atoms with Crippen LogP contribution in [0.1, 0.15) is 15.9 Å². The molecular formula is C15H11N3O3. The zero-order valence-electron chi connectivity index (χ0n) is 11.2. The van der Waals surface area contributed by atoms with Crippen molar-refractivity contribution in [3.63, 3.8) is 0 Å². The molecule has 0 atom stereocenters. The van der Waals surface area contributed by atoms with Crippen molar-refractivity contribution in [3.8, 4) is 11.4 Å². The number of methoxy groups -OCH3 is 1. The van der Waals surface area contributed by atoms with Gasteiger partial charge >= 0.3 is 5.97 Å². The highest BCUT2D eigenvalue weighted by Gasteiger charge is 2.21. The predicted molar refractivity (Wildman–Crippen MR) is 74.5 cm³/mol. The Balaban J connectivity index is 2.01. The van der Waals surface area contributed by atoms with Gasteiger partial charge in [-0.3, -0.25) is 0 Å². The molecule has 0 saturated heterocycles. The number of benzene rings is 2. The minimum atomic E-state index is -0.423. The van der Waals surface area contributed by atoms with Crippen molar-refractivity contribution < 1.29 is 14.3 Å². The van der Waals surface area contributed by atoms with Crippen LogP contribution < -0.4 is 4.74 Å². The van der Waals surface area contributed by atoms with Gasteiger partial charge in [0.1, 0.15) is 23.4 Å². The van der Waals surface area contributed by atoms with E-state index in [1.165, 1.54) is 7.11 Å². The maximum absolute atomic E-state index is 11.7. The summed E-state index contributed by atoms with van der Waals surface area (Å²) in [4.78, 5) is 11.7. The Morgan fingerprint density at radius 2 is 2.19 bits per heavy atom. The van der Waals surface area contributed by atoms with Gasteiger partial charge in [0.25, 0.3) is 0 Å². The van der Waals surface area contributed by atoms with Crippen molar-refractivity contribution >= 4 is 17.0 Å². The summed E-state index contributed by atoms with van der Waals surface area (Å²) in [6.07, 6.45) is 0. The van der Waals surface area contributed by atoms with E-state index in [1.54, 1.807) is 16.8 Å². The number of para-hydroxylation sites is 1. The second kappa shape index (κ2) is 4.31. The first-order valence-corrected chi connectivity index (χ1v) is 6.47. The molecule has 0 radical (unpaired) electrons. The lowest BCUT2D eigenvalue weighted by molar-refractivity contribution is 0.0600. The molecule has 0 saturated carbocycles. The number of ether oxygens (including phenoxy) is 2. The Labute approximate surface area is 119 Å². The fraction of sp³-hybridized carbons (Fsp3) is 0.133. The molecular weight excluding hydrogens is 270 g/mol. The van der Waals surface area contributed by atoms with Crippen LogP contribution >= 0.6 is 0 Å². The van der Waals surface area contributed by atoms with Crippen molar-refractivity contribution in [1.82, 2.24) is 15.0 Å². The van der Waals surface area contributed by atoms with Gasteiger partial charge < -0.3 is 9.47 Å². The van der Waals surface area contributed by atoms with Crippen LogP contribution in [0.15, 0.2) is 36.4 Å². The fourth-order valence-electron chi connectivity index (χ4n) is 2.53. The second-order valence-electron chi connectivity index (χ2n) is 4.75. The normalized spacial score (nSPS) is 12.4. The van der Waals surface area contributed by atoms with Gasteiger partial charge in [-0.05, 0) is 18.2 Å². The maximum atomic E-state index is 11.7. The van der Waals surface area contributed by atoms with Gasteiger partial charge in [0.15, 0.2) is 0 Å². The molecule has 6 heteroatoms. The Kier molecular flexibility index (Phi) is 2.44. The molecule has 1 aromatic heterocycles. The van der Waals surface area contributed by atoms with Gasteiger partial charge in [-0.1, -0.05) is 23.4 Å². The molecule has 104 valence electrons. The smallest absolute Gasteiger partial charge is 0.338 e. The maximum Gasteiger partial charge on any atom is 0.338 e. The molecule has 21 heavy (non-hydrogen) atoms. The lowest BCUT2D eigenvalue weighted by atomic mass is 10.1. The van der Waals surface area contributed by atoms with E-state index in [4.69, 9.17) is 9.47 Å². The van der Waals surface area contributed by atoms with Crippen LogP contribution in [0, 0.1) is 0 Å². The number of esters is 1. The third-order valence-corrected chi connectivity index (χ3v) is 3.53. The highest BCUT2D eigenvalue weighted by atomic mass is 16.5. The van der Waals surface area contributed by atoms with Gasteiger partial charge in [0.05, 0.1) is 18.4 Å². The van der Waals surface area contributed by atoms with Gasteiger partial charge in [-0.15, -0.1) is 5.10 Å².